The minimum Gasteiger partial charge on any atom is -0.379 e. The van der Waals surface area contributed by atoms with E-state index in [0.717, 1.165) is 38.7 Å². The number of ether oxygens (including phenoxy) is 1. The largest absolute Gasteiger partial charge is 0.379 e. The van der Waals surface area contributed by atoms with Crippen LogP contribution in [-0.2, 0) is 18.3 Å². The van der Waals surface area contributed by atoms with Gasteiger partial charge in [-0.3, -0.25) is 0 Å². The molecule has 0 saturated carbocycles. The van der Waals surface area contributed by atoms with Crippen molar-refractivity contribution in [3.8, 4) is 0 Å². The van der Waals surface area contributed by atoms with Crippen LogP contribution in [0.4, 0.5) is 0 Å². The first-order chi connectivity index (χ1) is 7.70. The van der Waals surface area contributed by atoms with E-state index in [0.29, 0.717) is 0 Å². The van der Waals surface area contributed by atoms with Crippen LogP contribution in [0.15, 0.2) is 12.4 Å². The number of hydrogen-bond donors (Lipinski definition) is 1. The summed E-state index contributed by atoms with van der Waals surface area (Å²) in [5, 5.41) is 3.29. The highest BCUT2D eigenvalue weighted by Crippen LogP contribution is 1.92. The summed E-state index contributed by atoms with van der Waals surface area (Å²) in [7, 11) is 6.09. The topological polar surface area (TPSA) is 42.3 Å². The van der Waals surface area contributed by atoms with E-state index in [1.54, 1.807) is 0 Å². The van der Waals surface area contributed by atoms with Crippen molar-refractivity contribution in [2.45, 2.75) is 6.54 Å². The van der Waals surface area contributed by atoms with E-state index in [1.165, 1.54) is 0 Å². The maximum atomic E-state index is 5.46. The predicted octanol–water partition coefficient (Wildman–Crippen LogP) is 0.0879. The second kappa shape index (κ2) is 7.38. The number of rotatable bonds is 8. The molecule has 0 aliphatic carbocycles. The van der Waals surface area contributed by atoms with Crippen LogP contribution in [0.2, 0.25) is 0 Å². The Balaban J connectivity index is 1.94. The summed E-state index contributed by atoms with van der Waals surface area (Å²) < 4.78 is 7.48. The zero-order valence-electron chi connectivity index (χ0n) is 10.4. The average molecular weight is 226 g/mol. The summed E-state index contributed by atoms with van der Waals surface area (Å²) in [5.41, 5.74) is 0. The number of nitrogens with one attached hydrogen (secondary N) is 1. The zero-order valence-corrected chi connectivity index (χ0v) is 10.4. The van der Waals surface area contributed by atoms with Gasteiger partial charge in [0.25, 0.3) is 0 Å². The maximum absolute atomic E-state index is 5.46. The standard InChI is InChI=1S/C11H22N4O/c1-14(2)7-9-16-8-5-12-10-11-13-4-6-15(11)3/h4,6,12H,5,7-10H2,1-3H3. The van der Waals surface area contributed by atoms with Crippen LogP contribution in [0.5, 0.6) is 0 Å². The van der Waals surface area contributed by atoms with Crippen LogP contribution in [0.1, 0.15) is 5.82 Å². The predicted molar refractivity (Wildman–Crippen MR) is 64.3 cm³/mol. The molecule has 0 fully saturated rings. The third-order valence-corrected chi connectivity index (χ3v) is 2.31. The summed E-state index contributed by atoms with van der Waals surface area (Å²) in [4.78, 5) is 6.34. The molecule has 0 saturated heterocycles. The molecule has 92 valence electrons. The van der Waals surface area contributed by atoms with E-state index in [-0.39, 0.29) is 0 Å². The Kier molecular flexibility index (Phi) is 6.07. The fourth-order valence-electron chi connectivity index (χ4n) is 1.26. The summed E-state index contributed by atoms with van der Waals surface area (Å²) >= 11 is 0. The summed E-state index contributed by atoms with van der Waals surface area (Å²) in [6, 6.07) is 0. The first kappa shape index (κ1) is 13.2. The van der Waals surface area contributed by atoms with Gasteiger partial charge in [-0.2, -0.15) is 0 Å². The fraction of sp³-hybridized carbons (Fsp3) is 0.727. The molecule has 5 nitrogen and oxygen atoms in total. The van der Waals surface area contributed by atoms with Gasteiger partial charge in [-0.05, 0) is 14.1 Å². The third-order valence-electron chi connectivity index (χ3n) is 2.31. The first-order valence-corrected chi connectivity index (χ1v) is 5.59. The second-order valence-electron chi connectivity index (χ2n) is 4.05. The third kappa shape index (κ3) is 5.25. The monoisotopic (exact) mass is 226 g/mol. The van der Waals surface area contributed by atoms with Gasteiger partial charge in [-0.1, -0.05) is 0 Å². The van der Waals surface area contributed by atoms with Gasteiger partial charge in [0.15, 0.2) is 0 Å². The first-order valence-electron chi connectivity index (χ1n) is 5.59. The van der Waals surface area contributed by atoms with Crippen LogP contribution in [0.3, 0.4) is 0 Å². The van der Waals surface area contributed by atoms with Crippen LogP contribution in [0.25, 0.3) is 0 Å². The molecule has 5 heteroatoms. The summed E-state index contributed by atoms with van der Waals surface area (Å²) in [6.07, 6.45) is 3.76. The molecule has 1 aromatic heterocycles. The van der Waals surface area contributed by atoms with Crippen molar-refractivity contribution < 1.29 is 4.74 Å². The Morgan fingerprint density at radius 3 is 2.88 bits per heavy atom. The quantitative estimate of drug-likeness (QED) is 0.638. The van der Waals surface area contributed by atoms with Crippen molar-refractivity contribution in [2.24, 2.45) is 7.05 Å². The SMILES string of the molecule is CN(C)CCOCCNCc1nccn1C. The van der Waals surface area contributed by atoms with Crippen LogP contribution < -0.4 is 5.32 Å². The lowest BCUT2D eigenvalue weighted by Crippen LogP contribution is -2.23. The van der Waals surface area contributed by atoms with Gasteiger partial charge in [0.05, 0.1) is 19.8 Å². The molecule has 16 heavy (non-hydrogen) atoms. The molecule has 0 amide bonds. The molecular weight excluding hydrogens is 204 g/mol. The minimum atomic E-state index is 0.748. The van der Waals surface area contributed by atoms with Gasteiger partial charge >= 0.3 is 0 Å². The van der Waals surface area contributed by atoms with E-state index < -0.39 is 0 Å². The minimum absolute atomic E-state index is 0.748. The number of aryl methyl sites for hydroxylation is 1. The highest BCUT2D eigenvalue weighted by molar-refractivity contribution is 4.90. The molecule has 0 spiro atoms. The second-order valence-corrected chi connectivity index (χ2v) is 4.05. The van der Waals surface area contributed by atoms with Gasteiger partial charge in [0.1, 0.15) is 5.82 Å². The van der Waals surface area contributed by atoms with Crippen molar-refractivity contribution in [1.82, 2.24) is 19.8 Å². The molecule has 0 aromatic carbocycles. The molecular formula is C11H22N4O. The van der Waals surface area contributed by atoms with Crippen LogP contribution in [-0.4, -0.2) is 54.8 Å². The van der Waals surface area contributed by atoms with Crippen LogP contribution in [0, 0.1) is 0 Å². The Morgan fingerprint density at radius 1 is 1.44 bits per heavy atom. The normalized spacial score (nSPS) is 11.2. The molecule has 1 rings (SSSR count). The highest BCUT2D eigenvalue weighted by atomic mass is 16.5. The average Bonchev–Trinajstić information content (AvgIpc) is 2.62. The Bertz CT molecular complexity index is 285. The molecule has 1 heterocycles. The lowest BCUT2D eigenvalue weighted by Gasteiger charge is -2.10. The van der Waals surface area contributed by atoms with E-state index in [1.807, 2.05) is 38.1 Å². The zero-order chi connectivity index (χ0) is 11.8. The molecule has 0 radical (unpaired) electrons. The number of imidazole rings is 1. The Labute approximate surface area is 97.4 Å². The van der Waals surface area contributed by atoms with Gasteiger partial charge in [0, 0.05) is 32.5 Å². The van der Waals surface area contributed by atoms with E-state index >= 15 is 0 Å². The number of likely N-dealkylation sites (N-methyl/N-ethyl adjacent to an activating group) is 1. The maximum Gasteiger partial charge on any atom is 0.122 e. The number of nitrogens with zero attached hydrogens (tertiary/aromatic N) is 3. The van der Waals surface area contributed by atoms with Gasteiger partial charge < -0.3 is 19.5 Å². The van der Waals surface area contributed by atoms with Gasteiger partial charge in [-0.25, -0.2) is 4.98 Å². The van der Waals surface area contributed by atoms with Gasteiger partial charge in [0.2, 0.25) is 0 Å². The smallest absolute Gasteiger partial charge is 0.122 e. The molecule has 0 atom stereocenters. The van der Waals surface area contributed by atoms with E-state index in [9.17, 15) is 0 Å². The van der Waals surface area contributed by atoms with E-state index in [2.05, 4.69) is 15.2 Å². The summed E-state index contributed by atoms with van der Waals surface area (Å²) in [6.45, 7) is 4.16. The van der Waals surface area contributed by atoms with Crippen LogP contribution >= 0.6 is 0 Å². The molecule has 1 aromatic rings. The highest BCUT2D eigenvalue weighted by Gasteiger charge is 1.97. The van der Waals surface area contributed by atoms with E-state index in [4.69, 9.17) is 4.74 Å². The molecule has 1 N–H and O–H groups in total. The van der Waals surface area contributed by atoms with Gasteiger partial charge in [-0.15, -0.1) is 0 Å². The Hall–Kier alpha value is -0.910. The lowest BCUT2D eigenvalue weighted by atomic mass is 10.5. The van der Waals surface area contributed by atoms with Crippen molar-refractivity contribution in [1.29, 1.82) is 0 Å². The molecule has 0 unspecified atom stereocenters. The Morgan fingerprint density at radius 2 is 2.25 bits per heavy atom. The lowest BCUT2D eigenvalue weighted by molar-refractivity contribution is 0.119. The van der Waals surface area contributed by atoms with Crippen molar-refractivity contribution in [3.63, 3.8) is 0 Å². The number of aromatic nitrogens is 2. The van der Waals surface area contributed by atoms with Crippen molar-refractivity contribution in [3.05, 3.63) is 18.2 Å². The molecule has 0 bridgehead atoms. The molecule has 0 aliphatic rings. The molecule has 0 aliphatic heterocycles. The summed E-state index contributed by atoms with van der Waals surface area (Å²) in [5.74, 6) is 1.05. The van der Waals surface area contributed by atoms with Crippen molar-refractivity contribution >= 4 is 0 Å². The number of hydrogen-bond acceptors (Lipinski definition) is 4. The van der Waals surface area contributed by atoms with Crippen molar-refractivity contribution in [2.75, 3.05) is 40.4 Å². The fourth-order valence-corrected chi connectivity index (χ4v) is 1.26.